The third-order valence-corrected chi connectivity index (χ3v) is 12.2. The molecule has 0 saturated carbocycles. The van der Waals surface area contributed by atoms with Crippen molar-refractivity contribution in [2.45, 2.75) is 19.3 Å². The van der Waals surface area contributed by atoms with Gasteiger partial charge in [-0.05, 0) is 122 Å². The molecule has 2 nitrogen and oxygen atoms in total. The number of aromatic nitrogens is 1. The van der Waals surface area contributed by atoms with Crippen LogP contribution in [-0.4, -0.2) is 4.57 Å². The van der Waals surface area contributed by atoms with E-state index in [4.69, 9.17) is 0 Å². The molecular formula is C55H40N2. The van der Waals surface area contributed by atoms with Crippen LogP contribution in [0.15, 0.2) is 206 Å². The lowest BCUT2D eigenvalue weighted by Gasteiger charge is -2.27. The number of rotatable bonds is 6. The summed E-state index contributed by atoms with van der Waals surface area (Å²) in [5.41, 5.74) is 17.2. The quantitative estimate of drug-likeness (QED) is 0.165. The minimum Gasteiger partial charge on any atom is -0.310 e. The van der Waals surface area contributed by atoms with Gasteiger partial charge in [0.1, 0.15) is 0 Å². The van der Waals surface area contributed by atoms with Crippen LogP contribution in [0, 0.1) is 0 Å². The highest BCUT2D eigenvalue weighted by Gasteiger charge is 2.35. The number of hydrogen-bond acceptors (Lipinski definition) is 1. The molecule has 10 aromatic rings. The lowest BCUT2D eigenvalue weighted by molar-refractivity contribution is 0.660. The molecule has 9 aromatic carbocycles. The summed E-state index contributed by atoms with van der Waals surface area (Å²) in [6.07, 6.45) is 0. The van der Waals surface area contributed by atoms with E-state index in [1.165, 1.54) is 77.1 Å². The summed E-state index contributed by atoms with van der Waals surface area (Å²) in [5.74, 6) is 0. The number of nitrogens with zero attached hydrogens (tertiary/aromatic N) is 2. The molecular weight excluding hydrogens is 689 g/mol. The van der Waals surface area contributed by atoms with Gasteiger partial charge in [-0.1, -0.05) is 153 Å². The first-order valence-electron chi connectivity index (χ1n) is 19.8. The zero-order valence-corrected chi connectivity index (χ0v) is 32.0. The van der Waals surface area contributed by atoms with E-state index in [9.17, 15) is 0 Å². The molecule has 0 aliphatic heterocycles. The highest BCUT2D eigenvalue weighted by Crippen LogP contribution is 2.50. The predicted octanol–water partition coefficient (Wildman–Crippen LogP) is 15.0. The van der Waals surface area contributed by atoms with Crippen LogP contribution >= 0.6 is 0 Å². The summed E-state index contributed by atoms with van der Waals surface area (Å²) in [4.78, 5) is 2.41. The Morgan fingerprint density at radius 3 is 1.79 bits per heavy atom. The number of benzene rings is 9. The SMILES string of the molecule is CC1(C)c2ccccc2-c2cc(N(c3ccc(-c4ccc5c(c4)c4ccccc4n5-c4ccc(-c5ccccc5)cc4)cc3)c3ccc4ccccc4c3)ccc21. The number of hydrogen-bond donors (Lipinski definition) is 0. The van der Waals surface area contributed by atoms with E-state index in [0.29, 0.717) is 0 Å². The molecule has 0 amide bonds. The van der Waals surface area contributed by atoms with Crippen LogP contribution in [0.4, 0.5) is 17.1 Å². The van der Waals surface area contributed by atoms with Crippen LogP contribution in [0.3, 0.4) is 0 Å². The third kappa shape index (κ3) is 5.40. The summed E-state index contributed by atoms with van der Waals surface area (Å²) in [5, 5.41) is 4.96. The molecule has 0 bridgehead atoms. The maximum Gasteiger partial charge on any atom is 0.0541 e. The molecule has 2 heteroatoms. The molecule has 1 aliphatic rings. The molecule has 0 atom stereocenters. The lowest BCUT2D eigenvalue weighted by atomic mass is 9.82. The van der Waals surface area contributed by atoms with Gasteiger partial charge in [-0.15, -0.1) is 0 Å². The van der Waals surface area contributed by atoms with Crippen LogP contribution < -0.4 is 4.90 Å². The van der Waals surface area contributed by atoms with E-state index in [0.717, 1.165) is 22.7 Å². The van der Waals surface area contributed by atoms with E-state index >= 15 is 0 Å². The smallest absolute Gasteiger partial charge is 0.0541 e. The van der Waals surface area contributed by atoms with Gasteiger partial charge >= 0.3 is 0 Å². The van der Waals surface area contributed by atoms with Crippen molar-refractivity contribution in [3.63, 3.8) is 0 Å². The molecule has 0 saturated heterocycles. The minimum atomic E-state index is -0.0414. The van der Waals surface area contributed by atoms with Crippen molar-refractivity contribution >= 4 is 49.6 Å². The van der Waals surface area contributed by atoms with Crippen molar-refractivity contribution in [2.24, 2.45) is 0 Å². The van der Waals surface area contributed by atoms with Gasteiger partial charge in [-0.3, -0.25) is 0 Å². The molecule has 0 spiro atoms. The van der Waals surface area contributed by atoms with Crippen LogP contribution in [0.5, 0.6) is 0 Å². The molecule has 0 unspecified atom stereocenters. The molecule has 1 heterocycles. The normalized spacial score (nSPS) is 12.9. The Kier molecular flexibility index (Phi) is 7.55. The van der Waals surface area contributed by atoms with Gasteiger partial charge in [0.25, 0.3) is 0 Å². The molecule has 0 fully saturated rings. The second-order valence-corrected chi connectivity index (χ2v) is 15.8. The Morgan fingerprint density at radius 2 is 0.947 bits per heavy atom. The molecule has 0 N–H and O–H groups in total. The van der Waals surface area contributed by atoms with E-state index in [1.54, 1.807) is 0 Å². The predicted molar refractivity (Wildman–Crippen MR) is 241 cm³/mol. The standard InChI is InChI=1S/C55H40N2/c1-55(2)51-18-10-8-16-47(51)49-36-46(31-32-52(49)55)56(45-30-24-38-14-6-7-15-41(38)34-45)43-26-22-40(23-27-43)42-25-33-54-50(35-42)48-17-9-11-19-53(48)57(54)44-28-20-39(21-29-44)37-12-4-3-5-13-37/h3-36H,1-2H3. The molecule has 57 heavy (non-hydrogen) atoms. The molecule has 1 aliphatic carbocycles. The van der Waals surface area contributed by atoms with Gasteiger partial charge in [0.15, 0.2) is 0 Å². The Hall–Kier alpha value is -7.16. The maximum absolute atomic E-state index is 2.41. The largest absolute Gasteiger partial charge is 0.310 e. The van der Waals surface area contributed by atoms with Crippen molar-refractivity contribution in [2.75, 3.05) is 4.90 Å². The first-order chi connectivity index (χ1) is 28.0. The fourth-order valence-corrected chi connectivity index (χ4v) is 9.28. The van der Waals surface area contributed by atoms with Crippen molar-refractivity contribution < 1.29 is 0 Å². The first kappa shape index (κ1) is 33.2. The van der Waals surface area contributed by atoms with Gasteiger partial charge in [0, 0.05) is 38.9 Å². The molecule has 270 valence electrons. The van der Waals surface area contributed by atoms with Gasteiger partial charge < -0.3 is 9.47 Å². The number of para-hydroxylation sites is 1. The van der Waals surface area contributed by atoms with Crippen LogP contribution in [-0.2, 0) is 5.41 Å². The monoisotopic (exact) mass is 728 g/mol. The fraction of sp³-hybridized carbons (Fsp3) is 0.0545. The Bertz CT molecular complexity index is 3130. The average molecular weight is 729 g/mol. The molecule has 11 rings (SSSR count). The van der Waals surface area contributed by atoms with Crippen molar-refractivity contribution in [3.8, 4) is 39.1 Å². The number of fused-ring (bicyclic) bond motifs is 7. The third-order valence-electron chi connectivity index (χ3n) is 12.2. The Morgan fingerprint density at radius 1 is 0.368 bits per heavy atom. The molecule has 1 aromatic heterocycles. The highest BCUT2D eigenvalue weighted by atomic mass is 15.1. The fourth-order valence-electron chi connectivity index (χ4n) is 9.28. The van der Waals surface area contributed by atoms with E-state index < -0.39 is 0 Å². The van der Waals surface area contributed by atoms with Gasteiger partial charge in [-0.25, -0.2) is 0 Å². The second-order valence-electron chi connectivity index (χ2n) is 15.8. The maximum atomic E-state index is 2.41. The van der Waals surface area contributed by atoms with Crippen molar-refractivity contribution in [1.29, 1.82) is 0 Å². The zero-order chi connectivity index (χ0) is 38.1. The lowest BCUT2D eigenvalue weighted by Crippen LogP contribution is -2.15. The van der Waals surface area contributed by atoms with Crippen LogP contribution in [0.1, 0.15) is 25.0 Å². The first-order valence-corrected chi connectivity index (χ1v) is 19.8. The second kappa shape index (κ2) is 13.0. The van der Waals surface area contributed by atoms with E-state index in [1.807, 2.05) is 0 Å². The highest BCUT2D eigenvalue weighted by molar-refractivity contribution is 6.10. The summed E-state index contributed by atoms with van der Waals surface area (Å²) in [6.45, 7) is 4.69. The average Bonchev–Trinajstić information content (AvgIpc) is 3.72. The van der Waals surface area contributed by atoms with Gasteiger partial charge in [0.05, 0.1) is 11.0 Å². The van der Waals surface area contributed by atoms with E-state index in [2.05, 4.69) is 230 Å². The van der Waals surface area contributed by atoms with E-state index in [-0.39, 0.29) is 5.41 Å². The summed E-state index contributed by atoms with van der Waals surface area (Å²) >= 11 is 0. The van der Waals surface area contributed by atoms with Gasteiger partial charge in [-0.2, -0.15) is 0 Å². The Labute approximate surface area is 333 Å². The summed E-state index contributed by atoms with van der Waals surface area (Å²) < 4.78 is 2.39. The van der Waals surface area contributed by atoms with Gasteiger partial charge in [0.2, 0.25) is 0 Å². The molecule has 0 radical (unpaired) electrons. The zero-order valence-electron chi connectivity index (χ0n) is 32.0. The number of anilines is 3. The Balaban J connectivity index is 0.997. The topological polar surface area (TPSA) is 8.17 Å². The summed E-state index contributed by atoms with van der Waals surface area (Å²) in [7, 11) is 0. The van der Waals surface area contributed by atoms with Crippen molar-refractivity contribution in [3.05, 3.63) is 217 Å². The van der Waals surface area contributed by atoms with Crippen LogP contribution in [0.2, 0.25) is 0 Å². The van der Waals surface area contributed by atoms with Crippen LogP contribution in [0.25, 0.3) is 71.6 Å². The minimum absolute atomic E-state index is 0.0414. The van der Waals surface area contributed by atoms with Crippen molar-refractivity contribution in [1.82, 2.24) is 4.57 Å². The summed E-state index contributed by atoms with van der Waals surface area (Å²) in [6, 6.07) is 75.6.